The molecule has 2 aromatic rings. The number of nitro groups is 1. The van der Waals surface area contributed by atoms with Gasteiger partial charge in [0, 0.05) is 17.8 Å². The zero-order chi connectivity index (χ0) is 18.5. The fourth-order valence-electron chi connectivity index (χ4n) is 3.45. The number of ether oxygens (including phenoxy) is 1. The number of hydrogen-bond acceptors (Lipinski definition) is 4. The average Bonchev–Trinajstić information content (AvgIpc) is 2.62. The third-order valence-corrected chi connectivity index (χ3v) is 4.82. The number of rotatable bonds is 6. The van der Waals surface area contributed by atoms with Crippen LogP contribution in [-0.2, 0) is 0 Å². The van der Waals surface area contributed by atoms with Crippen LogP contribution in [0.1, 0.15) is 11.1 Å². The molecule has 1 fully saturated rings. The van der Waals surface area contributed by atoms with Gasteiger partial charge in [-0.15, -0.1) is 0 Å². The lowest BCUT2D eigenvalue weighted by Crippen LogP contribution is -3.15. The number of aryl methyl sites for hydroxylation is 2. The highest BCUT2D eigenvalue weighted by atomic mass is 16.6. The Morgan fingerprint density at radius 3 is 2.27 bits per heavy atom. The fraction of sp³-hybridized carbons (Fsp3) is 0.400. The van der Waals surface area contributed by atoms with E-state index in [2.05, 4.69) is 36.9 Å². The molecule has 0 unspecified atom stereocenters. The molecule has 1 aliphatic rings. The third-order valence-electron chi connectivity index (χ3n) is 4.82. The highest BCUT2D eigenvalue weighted by molar-refractivity contribution is 5.51. The second-order valence-electron chi connectivity index (χ2n) is 6.93. The number of anilines is 1. The quantitative estimate of drug-likeness (QED) is 0.635. The molecule has 1 N–H and O–H groups in total. The van der Waals surface area contributed by atoms with Gasteiger partial charge < -0.3 is 14.5 Å². The fourth-order valence-corrected chi connectivity index (χ4v) is 3.45. The van der Waals surface area contributed by atoms with Crippen molar-refractivity contribution >= 4 is 11.4 Å². The Labute approximate surface area is 154 Å². The van der Waals surface area contributed by atoms with Crippen molar-refractivity contribution in [3.8, 4) is 5.75 Å². The van der Waals surface area contributed by atoms with Gasteiger partial charge in [-0.2, -0.15) is 0 Å². The molecule has 6 nitrogen and oxygen atoms in total. The highest BCUT2D eigenvalue weighted by Crippen LogP contribution is 2.19. The van der Waals surface area contributed by atoms with Crippen molar-refractivity contribution in [2.75, 3.05) is 44.2 Å². The summed E-state index contributed by atoms with van der Waals surface area (Å²) in [6.07, 6.45) is 0. The molecule has 0 saturated carbocycles. The van der Waals surface area contributed by atoms with Gasteiger partial charge in [-0.05, 0) is 49.2 Å². The summed E-state index contributed by atoms with van der Waals surface area (Å²) in [5.74, 6) is 0.950. The maximum atomic E-state index is 10.7. The van der Waals surface area contributed by atoms with Crippen LogP contribution in [0.15, 0.2) is 42.5 Å². The lowest BCUT2D eigenvalue weighted by atomic mass is 10.1. The number of nitro benzene ring substituents is 1. The first kappa shape index (κ1) is 18.2. The molecule has 2 aromatic carbocycles. The largest absolute Gasteiger partial charge is 0.488 e. The van der Waals surface area contributed by atoms with E-state index in [1.54, 1.807) is 12.1 Å². The van der Waals surface area contributed by atoms with Crippen molar-refractivity contribution < 1.29 is 14.6 Å². The van der Waals surface area contributed by atoms with Gasteiger partial charge in [0.1, 0.15) is 18.9 Å². The molecule has 0 aliphatic carbocycles. The van der Waals surface area contributed by atoms with Crippen LogP contribution in [0, 0.1) is 24.0 Å². The minimum Gasteiger partial charge on any atom is -0.488 e. The summed E-state index contributed by atoms with van der Waals surface area (Å²) in [4.78, 5) is 14.2. The van der Waals surface area contributed by atoms with Crippen molar-refractivity contribution in [1.82, 2.24) is 0 Å². The molecule has 0 amide bonds. The third kappa shape index (κ3) is 4.73. The smallest absolute Gasteiger partial charge is 0.269 e. The Hall–Kier alpha value is -2.60. The average molecular weight is 356 g/mol. The molecule has 1 aliphatic heterocycles. The van der Waals surface area contributed by atoms with Gasteiger partial charge in [-0.25, -0.2) is 0 Å². The predicted octanol–water partition coefficient (Wildman–Crippen LogP) is 2.00. The Balaban J connectivity index is 1.44. The van der Waals surface area contributed by atoms with E-state index in [0.717, 1.165) is 50.8 Å². The molecule has 138 valence electrons. The molecule has 6 heteroatoms. The number of quaternary nitrogens is 1. The number of benzene rings is 2. The second kappa shape index (κ2) is 8.19. The number of piperazine rings is 1. The molecule has 0 aromatic heterocycles. The maximum Gasteiger partial charge on any atom is 0.269 e. The van der Waals surface area contributed by atoms with Crippen LogP contribution in [0.2, 0.25) is 0 Å². The molecule has 1 heterocycles. The van der Waals surface area contributed by atoms with E-state index in [1.165, 1.54) is 16.0 Å². The van der Waals surface area contributed by atoms with E-state index in [-0.39, 0.29) is 10.6 Å². The predicted molar refractivity (Wildman–Crippen MR) is 102 cm³/mol. The number of non-ortho nitro benzene ring substituents is 1. The van der Waals surface area contributed by atoms with Crippen LogP contribution in [0.4, 0.5) is 11.4 Å². The van der Waals surface area contributed by atoms with E-state index in [9.17, 15) is 10.1 Å². The molecule has 0 radical (unpaired) electrons. The SMILES string of the molecule is Cc1cc(C)cc(OCC[NH+]2CCN(c3ccc([N+](=O)[O-])cc3)CC2)c1. The highest BCUT2D eigenvalue weighted by Gasteiger charge is 2.20. The number of nitrogens with zero attached hydrogens (tertiary/aromatic N) is 2. The van der Waals surface area contributed by atoms with Crippen LogP contribution in [0.3, 0.4) is 0 Å². The van der Waals surface area contributed by atoms with Crippen molar-refractivity contribution in [1.29, 1.82) is 0 Å². The van der Waals surface area contributed by atoms with E-state index < -0.39 is 0 Å². The van der Waals surface area contributed by atoms with Crippen LogP contribution in [-0.4, -0.2) is 44.3 Å². The summed E-state index contributed by atoms with van der Waals surface area (Å²) in [5.41, 5.74) is 3.65. The molecule has 0 atom stereocenters. The van der Waals surface area contributed by atoms with E-state index in [1.807, 2.05) is 12.1 Å². The molecular weight excluding hydrogens is 330 g/mol. The zero-order valence-electron chi connectivity index (χ0n) is 15.4. The zero-order valence-corrected chi connectivity index (χ0v) is 15.4. The lowest BCUT2D eigenvalue weighted by Gasteiger charge is -2.33. The van der Waals surface area contributed by atoms with Crippen molar-refractivity contribution in [2.45, 2.75) is 13.8 Å². The topological polar surface area (TPSA) is 60.0 Å². The Kier molecular flexibility index (Phi) is 5.73. The van der Waals surface area contributed by atoms with Gasteiger partial charge in [-0.1, -0.05) is 6.07 Å². The van der Waals surface area contributed by atoms with Gasteiger partial charge in [-0.3, -0.25) is 10.1 Å². The minimum atomic E-state index is -0.360. The summed E-state index contributed by atoms with van der Waals surface area (Å²) in [5, 5.41) is 10.7. The summed E-state index contributed by atoms with van der Waals surface area (Å²) in [6.45, 7) is 9.88. The van der Waals surface area contributed by atoms with Crippen LogP contribution in [0.25, 0.3) is 0 Å². The van der Waals surface area contributed by atoms with Gasteiger partial charge >= 0.3 is 0 Å². The van der Waals surface area contributed by atoms with Crippen molar-refractivity contribution in [3.05, 3.63) is 63.7 Å². The molecule has 0 bridgehead atoms. The van der Waals surface area contributed by atoms with E-state index in [4.69, 9.17) is 4.74 Å². The van der Waals surface area contributed by atoms with Crippen LogP contribution in [0.5, 0.6) is 5.75 Å². The monoisotopic (exact) mass is 356 g/mol. The first-order chi connectivity index (χ1) is 12.5. The molecule has 1 saturated heterocycles. The van der Waals surface area contributed by atoms with Crippen LogP contribution >= 0.6 is 0 Å². The Morgan fingerprint density at radius 1 is 1.08 bits per heavy atom. The summed E-state index contributed by atoms with van der Waals surface area (Å²) < 4.78 is 5.92. The Morgan fingerprint density at radius 2 is 1.69 bits per heavy atom. The molecule has 0 spiro atoms. The normalized spacial score (nSPS) is 15.1. The summed E-state index contributed by atoms with van der Waals surface area (Å²) in [7, 11) is 0. The lowest BCUT2D eigenvalue weighted by molar-refractivity contribution is -0.900. The first-order valence-corrected chi connectivity index (χ1v) is 9.05. The molecular formula is C20H26N3O3+. The standard InChI is InChI=1S/C20H25N3O3/c1-16-13-17(2)15-20(14-16)26-12-11-21-7-9-22(10-8-21)18-3-5-19(6-4-18)23(24)25/h3-6,13-15H,7-12H2,1-2H3/p+1. The Bertz CT molecular complexity index is 733. The van der Waals surface area contributed by atoms with Gasteiger partial charge in [0.05, 0.1) is 31.1 Å². The van der Waals surface area contributed by atoms with Gasteiger partial charge in [0.25, 0.3) is 5.69 Å². The van der Waals surface area contributed by atoms with Crippen LogP contribution < -0.4 is 14.5 Å². The van der Waals surface area contributed by atoms with Gasteiger partial charge in [0.15, 0.2) is 0 Å². The first-order valence-electron chi connectivity index (χ1n) is 9.05. The molecule has 26 heavy (non-hydrogen) atoms. The summed E-state index contributed by atoms with van der Waals surface area (Å²) in [6, 6.07) is 13.1. The summed E-state index contributed by atoms with van der Waals surface area (Å²) >= 11 is 0. The maximum absolute atomic E-state index is 10.7. The van der Waals surface area contributed by atoms with Crippen molar-refractivity contribution in [3.63, 3.8) is 0 Å². The van der Waals surface area contributed by atoms with E-state index in [0.29, 0.717) is 0 Å². The van der Waals surface area contributed by atoms with E-state index >= 15 is 0 Å². The molecule has 3 rings (SSSR count). The number of hydrogen-bond donors (Lipinski definition) is 1. The second-order valence-corrected chi connectivity index (χ2v) is 6.93. The minimum absolute atomic E-state index is 0.140. The number of nitrogens with one attached hydrogen (secondary N) is 1. The van der Waals surface area contributed by atoms with Gasteiger partial charge in [0.2, 0.25) is 0 Å². The van der Waals surface area contributed by atoms with Crippen molar-refractivity contribution in [2.24, 2.45) is 0 Å².